The van der Waals surface area contributed by atoms with E-state index in [0.29, 0.717) is 11.9 Å². The first-order valence-electron chi connectivity index (χ1n) is 8.97. The van der Waals surface area contributed by atoms with E-state index >= 15 is 0 Å². The quantitative estimate of drug-likeness (QED) is 0.711. The lowest BCUT2D eigenvalue weighted by atomic mass is 9.99. The fourth-order valence-corrected chi connectivity index (χ4v) is 3.51. The second-order valence-electron chi connectivity index (χ2n) is 7.02. The van der Waals surface area contributed by atoms with Crippen LogP contribution in [0.5, 0.6) is 0 Å². The van der Waals surface area contributed by atoms with Crippen LogP contribution in [0.4, 0.5) is 11.6 Å². The molecule has 132 valence electrons. The summed E-state index contributed by atoms with van der Waals surface area (Å²) in [7, 11) is 0. The van der Waals surface area contributed by atoms with Crippen molar-refractivity contribution in [1.29, 1.82) is 0 Å². The van der Waals surface area contributed by atoms with Gasteiger partial charge in [-0.05, 0) is 51.2 Å². The van der Waals surface area contributed by atoms with Crippen molar-refractivity contribution in [1.82, 2.24) is 19.6 Å². The maximum atomic E-state index is 4.65. The molecule has 0 saturated heterocycles. The minimum atomic E-state index is 0.437. The molecule has 1 N–H and O–H groups in total. The lowest BCUT2D eigenvalue weighted by Gasteiger charge is -2.15. The Kier molecular flexibility index (Phi) is 4.75. The van der Waals surface area contributed by atoms with Gasteiger partial charge in [0.1, 0.15) is 5.82 Å². The third kappa shape index (κ3) is 3.36. The number of aryl methyl sites for hydroxylation is 4. The standard InChI is InChI=1S/C20H27N5/c1-7-8-13(3)17-11-21-25-19(17)22-16(6)23-20(25)24-18-14(4)9-12(2)10-15(18)5/h9-11,13H,7-8H2,1-6H3,(H,22,23,24). The largest absolute Gasteiger partial charge is 0.324 e. The van der Waals surface area contributed by atoms with Crippen molar-refractivity contribution in [3.63, 3.8) is 0 Å². The average Bonchev–Trinajstić information content (AvgIpc) is 2.94. The minimum absolute atomic E-state index is 0.437. The second-order valence-corrected chi connectivity index (χ2v) is 7.02. The number of anilines is 2. The summed E-state index contributed by atoms with van der Waals surface area (Å²) in [5.41, 5.74) is 6.84. The Morgan fingerprint density at radius 1 is 1.08 bits per heavy atom. The molecule has 0 aliphatic heterocycles. The first-order chi connectivity index (χ1) is 11.9. The Morgan fingerprint density at radius 3 is 2.40 bits per heavy atom. The van der Waals surface area contributed by atoms with Crippen LogP contribution in [0.1, 0.15) is 60.7 Å². The van der Waals surface area contributed by atoms with Gasteiger partial charge >= 0.3 is 0 Å². The lowest BCUT2D eigenvalue weighted by molar-refractivity contribution is 0.667. The predicted octanol–water partition coefficient (Wildman–Crippen LogP) is 5.01. The SMILES string of the molecule is CCCC(C)c1cnn2c(Nc3c(C)cc(C)cc3C)nc(C)nc12. The van der Waals surface area contributed by atoms with Gasteiger partial charge in [0.05, 0.1) is 6.20 Å². The highest BCUT2D eigenvalue weighted by Crippen LogP contribution is 2.28. The highest BCUT2D eigenvalue weighted by Gasteiger charge is 2.17. The van der Waals surface area contributed by atoms with Crippen molar-refractivity contribution in [3.05, 3.63) is 46.4 Å². The lowest BCUT2D eigenvalue weighted by Crippen LogP contribution is -2.08. The number of hydrogen-bond acceptors (Lipinski definition) is 4. The van der Waals surface area contributed by atoms with E-state index in [1.165, 1.54) is 22.3 Å². The van der Waals surface area contributed by atoms with Gasteiger partial charge in [-0.1, -0.05) is 38.0 Å². The van der Waals surface area contributed by atoms with E-state index in [0.717, 1.165) is 30.0 Å². The zero-order chi connectivity index (χ0) is 18.1. The molecule has 0 saturated carbocycles. The molecule has 2 aromatic heterocycles. The van der Waals surface area contributed by atoms with E-state index in [2.05, 4.69) is 67.1 Å². The van der Waals surface area contributed by atoms with Crippen LogP contribution in [0, 0.1) is 27.7 Å². The number of benzene rings is 1. The fourth-order valence-electron chi connectivity index (χ4n) is 3.51. The predicted molar refractivity (Wildman–Crippen MR) is 103 cm³/mol. The van der Waals surface area contributed by atoms with Crippen LogP contribution in [0.2, 0.25) is 0 Å². The number of nitrogens with zero attached hydrogens (tertiary/aromatic N) is 4. The summed E-state index contributed by atoms with van der Waals surface area (Å²) < 4.78 is 1.83. The number of hydrogen-bond donors (Lipinski definition) is 1. The molecule has 0 aliphatic rings. The van der Waals surface area contributed by atoms with Crippen LogP contribution in [0.3, 0.4) is 0 Å². The molecule has 1 unspecified atom stereocenters. The summed E-state index contributed by atoms with van der Waals surface area (Å²) in [4.78, 5) is 9.25. The summed E-state index contributed by atoms with van der Waals surface area (Å²) in [6.07, 6.45) is 4.21. The van der Waals surface area contributed by atoms with Gasteiger partial charge in [0.25, 0.3) is 0 Å². The normalized spacial score (nSPS) is 12.6. The molecule has 0 aliphatic carbocycles. The van der Waals surface area contributed by atoms with Gasteiger partial charge in [-0.2, -0.15) is 14.6 Å². The number of nitrogens with one attached hydrogen (secondary N) is 1. The van der Waals surface area contributed by atoms with Gasteiger partial charge in [0.2, 0.25) is 5.95 Å². The van der Waals surface area contributed by atoms with Crippen LogP contribution < -0.4 is 5.32 Å². The highest BCUT2D eigenvalue weighted by molar-refractivity contribution is 5.65. The Labute approximate surface area is 149 Å². The Hall–Kier alpha value is -2.43. The maximum Gasteiger partial charge on any atom is 0.232 e. The van der Waals surface area contributed by atoms with E-state index in [1.807, 2.05) is 17.6 Å². The molecule has 0 radical (unpaired) electrons. The first kappa shape index (κ1) is 17.4. The molecule has 3 aromatic rings. The van der Waals surface area contributed by atoms with Gasteiger partial charge in [-0.3, -0.25) is 0 Å². The zero-order valence-corrected chi connectivity index (χ0v) is 16.0. The Bertz CT molecular complexity index is 887. The van der Waals surface area contributed by atoms with Crippen LogP contribution in [0.25, 0.3) is 5.65 Å². The summed E-state index contributed by atoms with van der Waals surface area (Å²) in [6, 6.07) is 4.36. The van der Waals surface area contributed by atoms with Crippen LogP contribution in [-0.2, 0) is 0 Å². The molecular weight excluding hydrogens is 310 g/mol. The monoisotopic (exact) mass is 337 g/mol. The first-order valence-corrected chi connectivity index (χ1v) is 8.97. The summed E-state index contributed by atoms with van der Waals surface area (Å²) in [6.45, 7) is 12.7. The molecule has 0 amide bonds. The van der Waals surface area contributed by atoms with Crippen molar-refractivity contribution < 1.29 is 0 Å². The molecule has 0 bridgehead atoms. The van der Waals surface area contributed by atoms with Crippen LogP contribution in [-0.4, -0.2) is 19.6 Å². The molecule has 5 heteroatoms. The molecule has 25 heavy (non-hydrogen) atoms. The molecule has 3 rings (SSSR count). The maximum absolute atomic E-state index is 4.65. The van der Waals surface area contributed by atoms with Crippen LogP contribution >= 0.6 is 0 Å². The van der Waals surface area contributed by atoms with Crippen molar-refractivity contribution in [3.8, 4) is 0 Å². The summed E-state index contributed by atoms with van der Waals surface area (Å²) >= 11 is 0. The zero-order valence-electron chi connectivity index (χ0n) is 16.0. The third-order valence-electron chi connectivity index (χ3n) is 4.67. The van der Waals surface area contributed by atoms with Gasteiger partial charge in [-0.25, -0.2) is 4.98 Å². The van der Waals surface area contributed by atoms with Gasteiger partial charge in [0, 0.05) is 11.3 Å². The van der Waals surface area contributed by atoms with Crippen molar-refractivity contribution in [2.45, 2.75) is 60.3 Å². The highest BCUT2D eigenvalue weighted by atomic mass is 15.3. The fraction of sp³-hybridized carbons (Fsp3) is 0.450. The molecule has 0 fully saturated rings. The summed E-state index contributed by atoms with van der Waals surface area (Å²) in [5, 5.41) is 8.05. The van der Waals surface area contributed by atoms with Crippen molar-refractivity contribution in [2.75, 3.05) is 5.32 Å². The average molecular weight is 337 g/mol. The molecule has 1 aromatic carbocycles. The molecule has 5 nitrogen and oxygen atoms in total. The minimum Gasteiger partial charge on any atom is -0.324 e. The third-order valence-corrected chi connectivity index (χ3v) is 4.67. The number of rotatable bonds is 5. The Balaban J connectivity index is 2.09. The summed E-state index contributed by atoms with van der Waals surface area (Å²) in [5.74, 6) is 1.91. The van der Waals surface area contributed by atoms with E-state index < -0.39 is 0 Å². The van der Waals surface area contributed by atoms with E-state index in [4.69, 9.17) is 0 Å². The molecular formula is C20H27N5. The van der Waals surface area contributed by atoms with Crippen molar-refractivity contribution >= 4 is 17.3 Å². The topological polar surface area (TPSA) is 55.1 Å². The smallest absolute Gasteiger partial charge is 0.232 e. The van der Waals surface area contributed by atoms with Crippen LogP contribution in [0.15, 0.2) is 18.3 Å². The van der Waals surface area contributed by atoms with Gasteiger partial charge in [-0.15, -0.1) is 0 Å². The van der Waals surface area contributed by atoms with E-state index in [1.54, 1.807) is 0 Å². The van der Waals surface area contributed by atoms with E-state index in [9.17, 15) is 0 Å². The second kappa shape index (κ2) is 6.82. The molecule has 2 heterocycles. The van der Waals surface area contributed by atoms with Gasteiger partial charge < -0.3 is 5.32 Å². The Morgan fingerprint density at radius 2 is 1.76 bits per heavy atom. The van der Waals surface area contributed by atoms with Gasteiger partial charge in [0.15, 0.2) is 5.65 Å². The molecule has 0 spiro atoms. The number of fused-ring (bicyclic) bond motifs is 1. The number of aromatic nitrogens is 4. The van der Waals surface area contributed by atoms with E-state index in [-0.39, 0.29) is 0 Å². The molecule has 1 atom stereocenters. The van der Waals surface area contributed by atoms with Crippen molar-refractivity contribution in [2.24, 2.45) is 0 Å².